The largest absolute Gasteiger partial charge is 0.493 e. The zero-order valence-electron chi connectivity index (χ0n) is 12.5. The molecular weight excluding hydrogens is 252 g/mol. The zero-order valence-corrected chi connectivity index (χ0v) is 12.5. The molecule has 0 saturated heterocycles. The van der Waals surface area contributed by atoms with E-state index in [0.29, 0.717) is 6.54 Å². The quantitative estimate of drug-likeness (QED) is 0.681. The molecule has 1 unspecified atom stereocenters. The molecule has 1 fully saturated rings. The van der Waals surface area contributed by atoms with Crippen molar-refractivity contribution in [1.82, 2.24) is 5.32 Å². The molecule has 20 heavy (non-hydrogen) atoms. The first-order chi connectivity index (χ1) is 9.78. The van der Waals surface area contributed by atoms with Crippen molar-refractivity contribution in [3.8, 4) is 11.5 Å². The van der Waals surface area contributed by atoms with Gasteiger partial charge in [-0.3, -0.25) is 0 Å². The van der Waals surface area contributed by atoms with E-state index in [1.807, 2.05) is 18.2 Å². The Bertz CT molecular complexity index is 419. The van der Waals surface area contributed by atoms with Gasteiger partial charge in [0, 0.05) is 12.6 Å². The van der Waals surface area contributed by atoms with Crippen molar-refractivity contribution in [2.24, 2.45) is 11.7 Å². The van der Waals surface area contributed by atoms with Gasteiger partial charge in [0.1, 0.15) is 0 Å². The SMILES string of the molecule is COc1ccc(C(CN)NCCCC2CC2)cc1OC. The minimum Gasteiger partial charge on any atom is -0.493 e. The van der Waals surface area contributed by atoms with E-state index < -0.39 is 0 Å². The van der Waals surface area contributed by atoms with E-state index in [9.17, 15) is 0 Å². The molecule has 0 spiro atoms. The number of hydrogen-bond donors (Lipinski definition) is 2. The van der Waals surface area contributed by atoms with E-state index in [1.54, 1.807) is 14.2 Å². The number of benzene rings is 1. The predicted molar refractivity (Wildman–Crippen MR) is 81.3 cm³/mol. The van der Waals surface area contributed by atoms with Crippen molar-refractivity contribution in [2.45, 2.75) is 31.7 Å². The molecule has 1 aliphatic carbocycles. The normalized spacial score (nSPS) is 15.9. The highest BCUT2D eigenvalue weighted by Crippen LogP contribution is 2.33. The number of nitrogens with one attached hydrogen (secondary N) is 1. The molecule has 1 saturated carbocycles. The van der Waals surface area contributed by atoms with Gasteiger partial charge in [-0.25, -0.2) is 0 Å². The Balaban J connectivity index is 1.91. The molecule has 0 radical (unpaired) electrons. The summed E-state index contributed by atoms with van der Waals surface area (Å²) in [4.78, 5) is 0. The van der Waals surface area contributed by atoms with Gasteiger partial charge in [-0.2, -0.15) is 0 Å². The highest BCUT2D eigenvalue weighted by Gasteiger charge is 2.20. The van der Waals surface area contributed by atoms with Crippen molar-refractivity contribution in [3.05, 3.63) is 23.8 Å². The van der Waals surface area contributed by atoms with Crippen molar-refractivity contribution in [2.75, 3.05) is 27.3 Å². The molecular formula is C16H26N2O2. The Hall–Kier alpha value is -1.26. The van der Waals surface area contributed by atoms with Crippen LogP contribution in [0, 0.1) is 5.92 Å². The van der Waals surface area contributed by atoms with Crippen molar-refractivity contribution < 1.29 is 9.47 Å². The summed E-state index contributed by atoms with van der Waals surface area (Å²) in [6.45, 7) is 1.60. The molecule has 0 heterocycles. The van der Waals surface area contributed by atoms with Crippen molar-refractivity contribution >= 4 is 0 Å². The molecule has 1 aliphatic rings. The summed E-state index contributed by atoms with van der Waals surface area (Å²) in [6.07, 6.45) is 5.43. The number of hydrogen-bond acceptors (Lipinski definition) is 4. The molecule has 112 valence electrons. The van der Waals surface area contributed by atoms with Gasteiger partial charge < -0.3 is 20.5 Å². The second-order valence-electron chi connectivity index (χ2n) is 5.44. The molecule has 0 bridgehead atoms. The summed E-state index contributed by atoms with van der Waals surface area (Å²) < 4.78 is 10.6. The van der Waals surface area contributed by atoms with Crippen LogP contribution in [0.2, 0.25) is 0 Å². The van der Waals surface area contributed by atoms with E-state index in [4.69, 9.17) is 15.2 Å². The average Bonchev–Trinajstić information content (AvgIpc) is 3.31. The van der Waals surface area contributed by atoms with E-state index in [1.165, 1.54) is 25.7 Å². The molecule has 1 atom stereocenters. The summed E-state index contributed by atoms with van der Waals surface area (Å²) in [6, 6.07) is 6.16. The summed E-state index contributed by atoms with van der Waals surface area (Å²) in [5, 5.41) is 3.54. The van der Waals surface area contributed by atoms with Gasteiger partial charge in [0.25, 0.3) is 0 Å². The van der Waals surface area contributed by atoms with Gasteiger partial charge in [0.15, 0.2) is 11.5 Å². The Morgan fingerprint density at radius 1 is 1.25 bits per heavy atom. The lowest BCUT2D eigenvalue weighted by atomic mass is 10.1. The monoisotopic (exact) mass is 278 g/mol. The fourth-order valence-corrected chi connectivity index (χ4v) is 2.48. The van der Waals surface area contributed by atoms with Crippen LogP contribution in [0.15, 0.2) is 18.2 Å². The predicted octanol–water partition coefficient (Wildman–Crippen LogP) is 2.48. The van der Waals surface area contributed by atoms with Gasteiger partial charge in [0.2, 0.25) is 0 Å². The van der Waals surface area contributed by atoms with E-state index in [0.717, 1.165) is 29.5 Å². The van der Waals surface area contributed by atoms with Gasteiger partial charge in [0.05, 0.1) is 14.2 Å². The first-order valence-corrected chi connectivity index (χ1v) is 7.43. The Morgan fingerprint density at radius 2 is 2.00 bits per heavy atom. The topological polar surface area (TPSA) is 56.5 Å². The summed E-state index contributed by atoms with van der Waals surface area (Å²) in [5.74, 6) is 2.50. The highest BCUT2D eigenvalue weighted by atomic mass is 16.5. The summed E-state index contributed by atoms with van der Waals surface area (Å²) in [5.41, 5.74) is 7.04. The lowest BCUT2D eigenvalue weighted by Crippen LogP contribution is -2.29. The number of ether oxygens (including phenoxy) is 2. The second kappa shape index (κ2) is 7.50. The van der Waals surface area contributed by atoms with Crippen LogP contribution in [-0.4, -0.2) is 27.3 Å². The van der Waals surface area contributed by atoms with Gasteiger partial charge in [-0.15, -0.1) is 0 Å². The molecule has 0 aromatic heterocycles. The molecule has 4 nitrogen and oxygen atoms in total. The van der Waals surface area contributed by atoms with Gasteiger partial charge in [-0.1, -0.05) is 18.9 Å². The molecule has 0 amide bonds. The fraction of sp³-hybridized carbons (Fsp3) is 0.625. The Labute approximate surface area is 121 Å². The molecule has 4 heteroatoms. The highest BCUT2D eigenvalue weighted by molar-refractivity contribution is 5.43. The minimum absolute atomic E-state index is 0.175. The van der Waals surface area contributed by atoms with E-state index >= 15 is 0 Å². The Morgan fingerprint density at radius 3 is 2.60 bits per heavy atom. The van der Waals surface area contributed by atoms with Crippen LogP contribution in [0.3, 0.4) is 0 Å². The number of methoxy groups -OCH3 is 2. The van der Waals surface area contributed by atoms with Gasteiger partial charge >= 0.3 is 0 Å². The average molecular weight is 278 g/mol. The van der Waals surface area contributed by atoms with E-state index in [2.05, 4.69) is 5.32 Å². The fourth-order valence-electron chi connectivity index (χ4n) is 2.48. The minimum atomic E-state index is 0.175. The van der Waals surface area contributed by atoms with Crippen LogP contribution < -0.4 is 20.5 Å². The maximum absolute atomic E-state index is 5.89. The first kappa shape index (κ1) is 15.1. The van der Waals surface area contributed by atoms with Crippen LogP contribution in [-0.2, 0) is 0 Å². The third-order valence-corrected chi connectivity index (χ3v) is 3.92. The van der Waals surface area contributed by atoms with Crippen LogP contribution in [0.4, 0.5) is 0 Å². The van der Waals surface area contributed by atoms with Gasteiger partial charge in [-0.05, 0) is 43.0 Å². The molecule has 0 aliphatic heterocycles. The smallest absolute Gasteiger partial charge is 0.161 e. The van der Waals surface area contributed by atoms with Crippen molar-refractivity contribution in [1.29, 1.82) is 0 Å². The standard InChI is InChI=1S/C16H26N2O2/c1-19-15-8-7-13(10-16(15)20-2)14(11-17)18-9-3-4-12-5-6-12/h7-8,10,12,14,18H,3-6,9,11,17H2,1-2H3. The first-order valence-electron chi connectivity index (χ1n) is 7.43. The lowest BCUT2D eigenvalue weighted by molar-refractivity contribution is 0.353. The third kappa shape index (κ3) is 4.12. The van der Waals surface area contributed by atoms with Crippen LogP contribution in [0.5, 0.6) is 11.5 Å². The number of rotatable bonds is 9. The summed E-state index contributed by atoms with van der Waals surface area (Å²) in [7, 11) is 3.30. The molecule has 1 aromatic carbocycles. The van der Waals surface area contributed by atoms with Crippen LogP contribution >= 0.6 is 0 Å². The molecule has 1 aromatic rings. The molecule has 3 N–H and O–H groups in total. The maximum atomic E-state index is 5.89. The third-order valence-electron chi connectivity index (χ3n) is 3.92. The van der Waals surface area contributed by atoms with E-state index in [-0.39, 0.29) is 6.04 Å². The lowest BCUT2D eigenvalue weighted by Gasteiger charge is -2.19. The molecule has 2 rings (SSSR count). The summed E-state index contributed by atoms with van der Waals surface area (Å²) >= 11 is 0. The zero-order chi connectivity index (χ0) is 14.4. The van der Waals surface area contributed by atoms with Crippen LogP contribution in [0.1, 0.15) is 37.3 Å². The maximum Gasteiger partial charge on any atom is 0.161 e. The second-order valence-corrected chi connectivity index (χ2v) is 5.44. The van der Waals surface area contributed by atoms with Crippen molar-refractivity contribution in [3.63, 3.8) is 0 Å². The Kier molecular flexibility index (Phi) is 5.68. The van der Waals surface area contributed by atoms with Crippen LogP contribution in [0.25, 0.3) is 0 Å². The number of nitrogens with two attached hydrogens (primary N) is 1.